The van der Waals surface area contributed by atoms with Gasteiger partial charge in [0.15, 0.2) is 0 Å². The smallest absolute Gasteiger partial charge is 0.211 e. The lowest BCUT2D eigenvalue weighted by Crippen LogP contribution is -2.14. The highest BCUT2D eigenvalue weighted by molar-refractivity contribution is 6.32. The molecule has 0 saturated carbocycles. The SMILES string of the molecule is CC1=C(NC=O)CCC=C1Cl. The predicted octanol–water partition coefficient (Wildman–Crippen LogP) is 1.92. The van der Waals surface area contributed by atoms with Crippen LogP contribution in [0.3, 0.4) is 0 Å². The molecule has 0 radical (unpaired) electrons. The summed E-state index contributed by atoms with van der Waals surface area (Å²) < 4.78 is 0. The Morgan fingerprint density at radius 3 is 3.09 bits per heavy atom. The zero-order valence-corrected chi connectivity index (χ0v) is 7.11. The Bertz CT molecular complexity index is 230. The van der Waals surface area contributed by atoms with Gasteiger partial charge in [-0.3, -0.25) is 4.79 Å². The summed E-state index contributed by atoms with van der Waals surface area (Å²) >= 11 is 5.84. The summed E-state index contributed by atoms with van der Waals surface area (Å²) in [6.07, 6.45) is 4.44. The molecule has 1 amide bonds. The van der Waals surface area contributed by atoms with Crippen LogP contribution in [-0.2, 0) is 4.79 Å². The summed E-state index contributed by atoms with van der Waals surface area (Å²) in [5.74, 6) is 0. The van der Waals surface area contributed by atoms with Crippen LogP contribution in [0.4, 0.5) is 0 Å². The van der Waals surface area contributed by atoms with Crippen molar-refractivity contribution in [3.8, 4) is 0 Å². The van der Waals surface area contributed by atoms with Crippen molar-refractivity contribution in [2.45, 2.75) is 19.8 Å². The molecule has 0 fully saturated rings. The molecule has 1 aliphatic rings. The van der Waals surface area contributed by atoms with Gasteiger partial charge in [0.1, 0.15) is 0 Å². The van der Waals surface area contributed by atoms with Gasteiger partial charge in [-0.05, 0) is 25.3 Å². The van der Waals surface area contributed by atoms with Crippen molar-refractivity contribution in [3.63, 3.8) is 0 Å². The zero-order chi connectivity index (χ0) is 8.27. The van der Waals surface area contributed by atoms with Crippen molar-refractivity contribution in [2.75, 3.05) is 0 Å². The second kappa shape index (κ2) is 3.58. The molecule has 0 aromatic heterocycles. The van der Waals surface area contributed by atoms with E-state index in [4.69, 9.17) is 11.6 Å². The molecule has 0 saturated heterocycles. The third-order valence-electron chi connectivity index (χ3n) is 1.76. The molecule has 0 heterocycles. The van der Waals surface area contributed by atoms with Gasteiger partial charge in [0.25, 0.3) is 0 Å². The molecule has 0 aromatic carbocycles. The van der Waals surface area contributed by atoms with Gasteiger partial charge in [-0.15, -0.1) is 0 Å². The standard InChI is InChI=1S/C8H10ClNO/c1-6-7(9)3-2-4-8(6)10-5-11/h3,5H,2,4H2,1H3,(H,10,11). The van der Waals surface area contributed by atoms with Crippen molar-refractivity contribution in [3.05, 3.63) is 22.4 Å². The Kier molecular flexibility index (Phi) is 2.71. The number of nitrogens with one attached hydrogen (secondary N) is 1. The number of hydrogen-bond acceptors (Lipinski definition) is 1. The van der Waals surface area contributed by atoms with Crippen LogP contribution in [-0.4, -0.2) is 6.41 Å². The second-order valence-corrected chi connectivity index (χ2v) is 2.86. The average molecular weight is 172 g/mol. The van der Waals surface area contributed by atoms with E-state index < -0.39 is 0 Å². The van der Waals surface area contributed by atoms with Gasteiger partial charge in [0.2, 0.25) is 6.41 Å². The van der Waals surface area contributed by atoms with Gasteiger partial charge < -0.3 is 5.32 Å². The molecule has 0 unspecified atom stereocenters. The third kappa shape index (κ3) is 1.84. The van der Waals surface area contributed by atoms with Crippen LogP contribution in [0.25, 0.3) is 0 Å². The number of amides is 1. The Hall–Kier alpha value is -0.760. The fraction of sp³-hybridized carbons (Fsp3) is 0.375. The first-order chi connectivity index (χ1) is 5.25. The van der Waals surface area contributed by atoms with Gasteiger partial charge in [0, 0.05) is 10.7 Å². The van der Waals surface area contributed by atoms with Crippen LogP contribution in [0.15, 0.2) is 22.4 Å². The summed E-state index contributed by atoms with van der Waals surface area (Å²) in [5, 5.41) is 3.39. The fourth-order valence-corrected chi connectivity index (χ4v) is 1.30. The first-order valence-electron chi connectivity index (χ1n) is 3.51. The van der Waals surface area contributed by atoms with Crippen LogP contribution >= 0.6 is 11.6 Å². The van der Waals surface area contributed by atoms with Crippen LogP contribution < -0.4 is 5.32 Å². The molecule has 1 N–H and O–H groups in total. The van der Waals surface area contributed by atoms with E-state index in [1.54, 1.807) is 0 Å². The number of hydrogen-bond donors (Lipinski definition) is 1. The maximum Gasteiger partial charge on any atom is 0.211 e. The van der Waals surface area contributed by atoms with E-state index in [0.717, 1.165) is 29.1 Å². The van der Waals surface area contributed by atoms with E-state index in [1.807, 2.05) is 13.0 Å². The normalized spacial score (nSPS) is 17.8. The van der Waals surface area contributed by atoms with E-state index in [1.165, 1.54) is 0 Å². The van der Waals surface area contributed by atoms with Crippen LogP contribution in [0.5, 0.6) is 0 Å². The highest BCUT2D eigenvalue weighted by Gasteiger charge is 2.09. The molecule has 1 rings (SSSR count). The van der Waals surface area contributed by atoms with E-state index in [2.05, 4.69) is 5.32 Å². The van der Waals surface area contributed by atoms with E-state index in [-0.39, 0.29) is 0 Å². The van der Waals surface area contributed by atoms with Crippen molar-refractivity contribution in [1.82, 2.24) is 5.32 Å². The Labute approximate surface area is 70.9 Å². The molecule has 0 aromatic rings. The van der Waals surface area contributed by atoms with Gasteiger partial charge in [-0.25, -0.2) is 0 Å². The zero-order valence-electron chi connectivity index (χ0n) is 6.36. The minimum absolute atomic E-state index is 0.689. The van der Waals surface area contributed by atoms with Gasteiger partial charge in [0.05, 0.1) is 0 Å². The van der Waals surface area contributed by atoms with Gasteiger partial charge in [-0.1, -0.05) is 17.7 Å². The van der Waals surface area contributed by atoms with E-state index in [9.17, 15) is 4.79 Å². The van der Waals surface area contributed by atoms with Crippen LogP contribution in [0.2, 0.25) is 0 Å². The molecule has 0 spiro atoms. The number of allylic oxidation sites excluding steroid dienone is 4. The topological polar surface area (TPSA) is 29.1 Å². The predicted molar refractivity (Wildman–Crippen MR) is 45.1 cm³/mol. The minimum atomic E-state index is 0.689. The highest BCUT2D eigenvalue weighted by Crippen LogP contribution is 2.25. The molecule has 3 heteroatoms. The van der Waals surface area contributed by atoms with Crippen molar-refractivity contribution >= 4 is 18.0 Å². The van der Waals surface area contributed by atoms with Crippen LogP contribution in [0, 0.1) is 0 Å². The summed E-state index contributed by atoms with van der Waals surface area (Å²) in [5.41, 5.74) is 1.91. The lowest BCUT2D eigenvalue weighted by atomic mass is 10.0. The fourth-order valence-electron chi connectivity index (χ4n) is 1.08. The third-order valence-corrected chi connectivity index (χ3v) is 2.20. The lowest BCUT2D eigenvalue weighted by Gasteiger charge is -2.13. The first kappa shape index (κ1) is 8.34. The number of rotatable bonds is 2. The van der Waals surface area contributed by atoms with Gasteiger partial charge >= 0.3 is 0 Å². The van der Waals surface area contributed by atoms with Crippen molar-refractivity contribution in [1.29, 1.82) is 0 Å². The number of carbonyl (C=O) groups excluding carboxylic acids is 1. The largest absolute Gasteiger partial charge is 0.332 e. The van der Waals surface area contributed by atoms with E-state index >= 15 is 0 Å². The molecule has 0 bridgehead atoms. The molecule has 1 aliphatic carbocycles. The average Bonchev–Trinajstić information content (AvgIpc) is 1.99. The summed E-state index contributed by atoms with van der Waals surface area (Å²) in [7, 11) is 0. The van der Waals surface area contributed by atoms with Crippen LogP contribution in [0.1, 0.15) is 19.8 Å². The van der Waals surface area contributed by atoms with Crippen molar-refractivity contribution < 1.29 is 4.79 Å². The number of halogens is 1. The quantitative estimate of drug-likeness (QED) is 0.632. The monoisotopic (exact) mass is 171 g/mol. The molecule has 60 valence electrons. The Morgan fingerprint density at radius 1 is 1.73 bits per heavy atom. The molecule has 0 atom stereocenters. The summed E-state index contributed by atoms with van der Waals surface area (Å²) in [6, 6.07) is 0. The maximum atomic E-state index is 10.1. The van der Waals surface area contributed by atoms with Gasteiger partial charge in [-0.2, -0.15) is 0 Å². The Balaban J connectivity index is 2.81. The highest BCUT2D eigenvalue weighted by atomic mass is 35.5. The lowest BCUT2D eigenvalue weighted by molar-refractivity contribution is -0.109. The maximum absolute atomic E-state index is 10.1. The molecular formula is C8H10ClNO. The molecular weight excluding hydrogens is 162 g/mol. The van der Waals surface area contributed by atoms with Crippen molar-refractivity contribution in [2.24, 2.45) is 0 Å². The number of carbonyl (C=O) groups is 1. The molecule has 0 aliphatic heterocycles. The molecule has 2 nitrogen and oxygen atoms in total. The van der Waals surface area contributed by atoms with E-state index in [0.29, 0.717) is 6.41 Å². The first-order valence-corrected chi connectivity index (χ1v) is 3.89. The molecule has 11 heavy (non-hydrogen) atoms. The second-order valence-electron chi connectivity index (χ2n) is 2.46. The Morgan fingerprint density at radius 2 is 2.45 bits per heavy atom. The minimum Gasteiger partial charge on any atom is -0.332 e. The summed E-state index contributed by atoms with van der Waals surface area (Å²) in [6.45, 7) is 1.91. The summed E-state index contributed by atoms with van der Waals surface area (Å²) in [4.78, 5) is 10.1.